The molecule has 0 aliphatic carbocycles. The van der Waals surface area contributed by atoms with Gasteiger partial charge >= 0.3 is 0 Å². The molecular weight excluding hydrogens is 384 g/mol. The van der Waals surface area contributed by atoms with E-state index in [2.05, 4.69) is 39.4 Å². The van der Waals surface area contributed by atoms with E-state index in [1.165, 1.54) is 17.3 Å². The maximum Gasteiger partial charge on any atom is 0.277 e. The van der Waals surface area contributed by atoms with Gasteiger partial charge in [0.05, 0.1) is 10.8 Å². The van der Waals surface area contributed by atoms with Crippen molar-refractivity contribution in [1.82, 2.24) is 20.1 Å². The third kappa shape index (κ3) is 5.03. The number of hydrogen-bond acceptors (Lipinski definition) is 6. The Balaban J connectivity index is 1.28. The third-order valence-corrected chi connectivity index (χ3v) is 6.16. The first kappa shape index (κ1) is 19.6. The highest BCUT2D eigenvalue weighted by atomic mass is 32.2. The molecule has 1 atom stereocenters. The van der Waals surface area contributed by atoms with E-state index >= 15 is 0 Å². The molecule has 0 radical (unpaired) electrons. The summed E-state index contributed by atoms with van der Waals surface area (Å²) >= 11 is 1.31. The molecule has 4 rings (SSSR count). The number of carbonyl (C=O) groups is 1. The van der Waals surface area contributed by atoms with Crippen molar-refractivity contribution in [3.63, 3.8) is 0 Å². The fourth-order valence-electron chi connectivity index (χ4n) is 3.63. The smallest absolute Gasteiger partial charge is 0.277 e. The molecule has 0 saturated carbocycles. The second-order valence-corrected chi connectivity index (χ2v) is 8.63. The summed E-state index contributed by atoms with van der Waals surface area (Å²) in [7, 11) is 0. The van der Waals surface area contributed by atoms with Crippen molar-refractivity contribution in [3.8, 4) is 11.5 Å². The molecule has 0 spiro atoms. The Morgan fingerprint density at radius 1 is 1.17 bits per heavy atom. The molecule has 1 amide bonds. The lowest BCUT2D eigenvalue weighted by Crippen LogP contribution is -2.42. The number of nitrogens with zero attached hydrogens (tertiary/aromatic N) is 4. The maximum atomic E-state index is 12.8. The van der Waals surface area contributed by atoms with E-state index in [0.717, 1.165) is 37.9 Å². The van der Waals surface area contributed by atoms with Gasteiger partial charge in [-0.25, -0.2) is 0 Å². The van der Waals surface area contributed by atoms with Crippen molar-refractivity contribution in [2.45, 2.75) is 36.7 Å². The highest BCUT2D eigenvalue weighted by Gasteiger charge is 2.27. The van der Waals surface area contributed by atoms with Gasteiger partial charge in [-0.2, -0.15) is 0 Å². The zero-order valence-corrected chi connectivity index (χ0v) is 17.2. The maximum absolute atomic E-state index is 12.8. The topological polar surface area (TPSA) is 72.1 Å². The molecule has 1 aliphatic rings. The van der Waals surface area contributed by atoms with Crippen LogP contribution in [-0.2, 0) is 11.2 Å². The number of thioether (sulfide) groups is 1. The van der Waals surface area contributed by atoms with Gasteiger partial charge in [-0.3, -0.25) is 9.78 Å². The van der Waals surface area contributed by atoms with Gasteiger partial charge in [-0.1, -0.05) is 42.1 Å². The van der Waals surface area contributed by atoms with Crippen molar-refractivity contribution >= 4 is 17.7 Å². The van der Waals surface area contributed by atoms with E-state index in [1.807, 2.05) is 30.0 Å². The van der Waals surface area contributed by atoms with Crippen molar-refractivity contribution in [3.05, 3.63) is 60.4 Å². The highest BCUT2D eigenvalue weighted by molar-refractivity contribution is 8.00. The summed E-state index contributed by atoms with van der Waals surface area (Å²) in [5.41, 5.74) is 2.15. The van der Waals surface area contributed by atoms with Crippen LogP contribution in [0.25, 0.3) is 11.5 Å². The fourth-order valence-corrected chi connectivity index (χ4v) is 4.39. The quantitative estimate of drug-likeness (QED) is 0.572. The number of carbonyl (C=O) groups excluding carboxylic acids is 1. The van der Waals surface area contributed by atoms with E-state index in [-0.39, 0.29) is 11.2 Å². The molecule has 1 aliphatic heterocycles. The minimum Gasteiger partial charge on any atom is -0.411 e. The van der Waals surface area contributed by atoms with Crippen LogP contribution in [0.5, 0.6) is 0 Å². The average Bonchev–Trinajstić information content (AvgIpc) is 3.23. The van der Waals surface area contributed by atoms with Gasteiger partial charge < -0.3 is 9.32 Å². The molecule has 3 aromatic rings. The van der Waals surface area contributed by atoms with Gasteiger partial charge in [0, 0.05) is 25.5 Å². The lowest BCUT2D eigenvalue weighted by atomic mass is 9.90. The van der Waals surface area contributed by atoms with Gasteiger partial charge in [-0.15, -0.1) is 10.2 Å². The Morgan fingerprint density at radius 2 is 1.97 bits per heavy atom. The average molecular weight is 409 g/mol. The zero-order chi connectivity index (χ0) is 20.1. The zero-order valence-electron chi connectivity index (χ0n) is 16.4. The summed E-state index contributed by atoms with van der Waals surface area (Å²) in [6.07, 6.45) is 6.55. The molecule has 1 aromatic carbocycles. The molecular formula is C22H24N4O2S. The predicted molar refractivity (Wildman–Crippen MR) is 112 cm³/mol. The van der Waals surface area contributed by atoms with Crippen LogP contribution in [-0.4, -0.2) is 44.3 Å². The molecule has 6 nitrogen and oxygen atoms in total. The van der Waals surface area contributed by atoms with E-state index in [0.29, 0.717) is 17.0 Å². The Hall–Kier alpha value is -2.67. The van der Waals surface area contributed by atoms with Crippen LogP contribution in [0.2, 0.25) is 0 Å². The number of hydrogen-bond donors (Lipinski definition) is 0. The minimum absolute atomic E-state index is 0.134. The number of amides is 1. The first-order chi connectivity index (χ1) is 14.2. The van der Waals surface area contributed by atoms with Crippen molar-refractivity contribution in [2.75, 3.05) is 13.1 Å². The van der Waals surface area contributed by atoms with Crippen molar-refractivity contribution < 1.29 is 9.21 Å². The largest absolute Gasteiger partial charge is 0.411 e. The van der Waals surface area contributed by atoms with Crippen LogP contribution in [0.15, 0.2) is 64.5 Å². The van der Waals surface area contributed by atoms with Gasteiger partial charge in [0.1, 0.15) is 0 Å². The fraction of sp³-hybridized carbons (Fsp3) is 0.364. The Morgan fingerprint density at radius 3 is 2.69 bits per heavy atom. The molecule has 7 heteroatoms. The molecule has 0 unspecified atom stereocenters. The van der Waals surface area contributed by atoms with Gasteiger partial charge in [-0.05, 0) is 49.8 Å². The first-order valence-corrected chi connectivity index (χ1v) is 10.8. The molecule has 0 bridgehead atoms. The third-order valence-electron chi connectivity index (χ3n) is 5.23. The van der Waals surface area contributed by atoms with E-state index in [9.17, 15) is 4.79 Å². The lowest BCUT2D eigenvalue weighted by molar-refractivity contribution is -0.131. The summed E-state index contributed by atoms with van der Waals surface area (Å²) in [4.78, 5) is 18.9. The highest BCUT2D eigenvalue weighted by Crippen LogP contribution is 2.28. The molecule has 2 aromatic heterocycles. The van der Waals surface area contributed by atoms with Crippen LogP contribution in [0.3, 0.4) is 0 Å². The summed E-state index contributed by atoms with van der Waals surface area (Å²) < 4.78 is 5.69. The summed E-state index contributed by atoms with van der Waals surface area (Å²) in [6, 6.07) is 14.3. The van der Waals surface area contributed by atoms with Crippen molar-refractivity contribution in [1.29, 1.82) is 0 Å². The van der Waals surface area contributed by atoms with E-state index in [1.54, 1.807) is 12.4 Å². The monoisotopic (exact) mass is 408 g/mol. The number of pyridine rings is 1. The summed E-state index contributed by atoms with van der Waals surface area (Å²) in [5.74, 6) is 1.19. The summed E-state index contributed by atoms with van der Waals surface area (Å²) in [6.45, 7) is 3.52. The van der Waals surface area contributed by atoms with Crippen LogP contribution >= 0.6 is 11.8 Å². The number of aromatic nitrogens is 3. The Bertz CT molecular complexity index is 924. The summed E-state index contributed by atoms with van der Waals surface area (Å²) in [5, 5.41) is 8.27. The Labute approximate surface area is 174 Å². The van der Waals surface area contributed by atoms with Crippen LogP contribution in [0.4, 0.5) is 0 Å². The second kappa shape index (κ2) is 9.22. The van der Waals surface area contributed by atoms with Gasteiger partial charge in [0.25, 0.3) is 5.22 Å². The molecule has 29 heavy (non-hydrogen) atoms. The van der Waals surface area contributed by atoms with E-state index in [4.69, 9.17) is 4.42 Å². The molecule has 3 heterocycles. The van der Waals surface area contributed by atoms with E-state index < -0.39 is 0 Å². The minimum atomic E-state index is -0.261. The molecule has 1 saturated heterocycles. The molecule has 150 valence electrons. The number of likely N-dealkylation sites (tertiary alicyclic amines) is 1. The second-order valence-electron chi connectivity index (χ2n) is 7.33. The van der Waals surface area contributed by atoms with Gasteiger partial charge in [0.2, 0.25) is 11.8 Å². The Kier molecular flexibility index (Phi) is 6.24. The van der Waals surface area contributed by atoms with Crippen LogP contribution < -0.4 is 0 Å². The first-order valence-electron chi connectivity index (χ1n) is 9.92. The van der Waals surface area contributed by atoms with Gasteiger partial charge in [0.15, 0.2) is 0 Å². The molecule has 1 fully saturated rings. The SMILES string of the molecule is C[C@@H](Sc1nnc(-c2cccnc2)o1)C(=O)N1CCC(Cc2ccccc2)CC1. The number of benzene rings is 1. The van der Waals surface area contributed by atoms with Crippen LogP contribution in [0, 0.1) is 5.92 Å². The lowest BCUT2D eigenvalue weighted by Gasteiger charge is -2.33. The normalized spacial score (nSPS) is 16.0. The number of piperidine rings is 1. The van der Waals surface area contributed by atoms with Crippen LogP contribution in [0.1, 0.15) is 25.3 Å². The predicted octanol–water partition coefficient (Wildman–Crippen LogP) is 4.09. The standard InChI is InChI=1S/C22H24N4O2S/c1-16(29-22-25-24-20(28-22)19-8-5-11-23-15-19)21(27)26-12-9-18(10-13-26)14-17-6-3-2-4-7-17/h2-8,11,15-16,18H,9-10,12-14H2,1H3/t16-/m1/s1. The number of rotatable bonds is 6. The molecule has 0 N–H and O–H groups in total. The van der Waals surface area contributed by atoms with Crippen molar-refractivity contribution in [2.24, 2.45) is 5.92 Å².